The van der Waals surface area contributed by atoms with E-state index in [1.165, 1.54) is 12.1 Å². The molecule has 0 aliphatic rings. The predicted octanol–water partition coefficient (Wildman–Crippen LogP) is 5.36. The maximum atomic E-state index is 13.2. The number of benzene rings is 2. The van der Waals surface area contributed by atoms with Gasteiger partial charge in [0.15, 0.2) is 0 Å². The molecular formula is C19H15F3IN3OS. The largest absolute Gasteiger partial charge is 0.417 e. The topological polar surface area (TPSA) is 56.1 Å². The lowest BCUT2D eigenvalue weighted by Crippen LogP contribution is -2.49. The van der Waals surface area contributed by atoms with Crippen LogP contribution in [0, 0.1) is 14.9 Å². The van der Waals surface area contributed by atoms with Gasteiger partial charge in [-0.15, -0.1) is 0 Å². The smallest absolute Gasteiger partial charge is 0.372 e. The van der Waals surface area contributed by atoms with Crippen molar-refractivity contribution >= 4 is 57.6 Å². The monoisotopic (exact) mass is 517 g/mol. The Morgan fingerprint density at radius 1 is 1.21 bits per heavy atom. The first-order chi connectivity index (χ1) is 13.0. The molecule has 2 aromatic rings. The molecule has 4 nitrogen and oxygen atoms in total. The molecule has 0 saturated heterocycles. The minimum atomic E-state index is -4.73. The molecule has 0 unspecified atom stereocenters. The summed E-state index contributed by atoms with van der Waals surface area (Å²) in [6.45, 7) is 3.21. The Morgan fingerprint density at radius 3 is 2.32 bits per heavy atom. The Labute approximate surface area is 179 Å². The van der Waals surface area contributed by atoms with Crippen LogP contribution in [0.3, 0.4) is 0 Å². The molecule has 0 bridgehead atoms. The highest BCUT2D eigenvalue weighted by Gasteiger charge is 2.36. The molecule has 0 radical (unpaired) electrons. The lowest BCUT2D eigenvalue weighted by molar-refractivity contribution is -0.137. The highest BCUT2D eigenvalue weighted by atomic mass is 127. The summed E-state index contributed by atoms with van der Waals surface area (Å²) in [7, 11) is 0. The molecule has 2 aromatic carbocycles. The third-order valence-corrected chi connectivity index (χ3v) is 4.80. The van der Waals surface area contributed by atoms with Gasteiger partial charge in [0.25, 0.3) is 5.91 Å². The molecule has 1 N–H and O–H groups in total. The van der Waals surface area contributed by atoms with Crippen molar-refractivity contribution in [1.82, 2.24) is 0 Å². The van der Waals surface area contributed by atoms with Crippen LogP contribution in [0.5, 0.6) is 0 Å². The number of hydrogen-bond acceptors (Lipinski definition) is 4. The van der Waals surface area contributed by atoms with Crippen LogP contribution >= 0.6 is 34.8 Å². The molecule has 0 aliphatic heterocycles. The number of halogens is 4. The van der Waals surface area contributed by atoms with E-state index in [2.05, 4.69) is 27.9 Å². The number of amides is 1. The van der Waals surface area contributed by atoms with Crippen LogP contribution in [0.1, 0.15) is 25.0 Å². The molecule has 0 heterocycles. The Balaban J connectivity index is 2.38. The minimum Gasteiger partial charge on any atom is -0.372 e. The van der Waals surface area contributed by atoms with E-state index in [1.54, 1.807) is 26.0 Å². The minimum absolute atomic E-state index is 0.0659. The molecule has 2 rings (SSSR count). The number of anilines is 2. The number of nitrogens with one attached hydrogen (secondary N) is 1. The second kappa shape index (κ2) is 8.45. The fraction of sp³-hybridized carbons (Fsp3) is 0.211. The van der Waals surface area contributed by atoms with Gasteiger partial charge in [0.1, 0.15) is 5.54 Å². The van der Waals surface area contributed by atoms with Gasteiger partial charge in [-0.05, 0) is 78.9 Å². The van der Waals surface area contributed by atoms with Crippen LogP contribution in [-0.2, 0) is 11.0 Å². The highest BCUT2D eigenvalue weighted by Crippen LogP contribution is 2.35. The van der Waals surface area contributed by atoms with Crippen molar-refractivity contribution in [2.45, 2.75) is 25.6 Å². The third kappa shape index (κ3) is 4.99. The Morgan fingerprint density at radius 2 is 1.82 bits per heavy atom. The van der Waals surface area contributed by atoms with Crippen molar-refractivity contribution < 1.29 is 18.0 Å². The number of carbonyl (C=O) groups excluding carboxylic acids is 1. The summed E-state index contributed by atoms with van der Waals surface area (Å²) in [4.78, 5) is 14.0. The molecule has 0 aromatic heterocycles. The zero-order chi connectivity index (χ0) is 21.1. The van der Waals surface area contributed by atoms with E-state index >= 15 is 0 Å². The third-order valence-electron chi connectivity index (χ3n) is 3.87. The van der Waals surface area contributed by atoms with Gasteiger partial charge in [-0.1, -0.05) is 12.2 Å². The maximum absolute atomic E-state index is 13.2. The molecule has 146 valence electrons. The summed E-state index contributed by atoms with van der Waals surface area (Å²) in [5.41, 5.74) is -1.20. The fourth-order valence-electron chi connectivity index (χ4n) is 2.49. The summed E-state index contributed by atoms with van der Waals surface area (Å²) in [6, 6.07) is 11.8. The van der Waals surface area contributed by atoms with Gasteiger partial charge in [-0.3, -0.25) is 9.69 Å². The van der Waals surface area contributed by atoms with Gasteiger partial charge >= 0.3 is 6.18 Å². The number of carbonyl (C=O) groups is 1. The van der Waals surface area contributed by atoms with Crippen molar-refractivity contribution in [3.8, 4) is 6.07 Å². The van der Waals surface area contributed by atoms with Crippen LogP contribution in [0.2, 0.25) is 0 Å². The number of thiocarbonyl (C=S) groups is 1. The summed E-state index contributed by atoms with van der Waals surface area (Å²) in [5.74, 6) is -0.543. The quantitative estimate of drug-likeness (QED) is 0.429. The maximum Gasteiger partial charge on any atom is 0.417 e. The van der Waals surface area contributed by atoms with Gasteiger partial charge in [-0.2, -0.15) is 18.4 Å². The molecular weight excluding hydrogens is 502 g/mol. The molecule has 0 aliphatic carbocycles. The van der Waals surface area contributed by atoms with E-state index in [-0.39, 0.29) is 5.69 Å². The van der Waals surface area contributed by atoms with Gasteiger partial charge in [0, 0.05) is 14.9 Å². The average molecular weight is 517 g/mol. The molecule has 28 heavy (non-hydrogen) atoms. The fourth-order valence-corrected chi connectivity index (χ4v) is 3.07. The average Bonchev–Trinajstić information content (AvgIpc) is 2.63. The first kappa shape index (κ1) is 22.1. The number of alkyl halides is 3. The van der Waals surface area contributed by atoms with Crippen LogP contribution in [0.4, 0.5) is 24.5 Å². The van der Waals surface area contributed by atoms with Gasteiger partial charge in [0.05, 0.1) is 22.7 Å². The van der Waals surface area contributed by atoms with E-state index in [1.807, 2.05) is 12.1 Å². The summed E-state index contributed by atoms with van der Waals surface area (Å²) < 4.78 is 40.7. The van der Waals surface area contributed by atoms with Crippen molar-refractivity contribution in [2.75, 3.05) is 10.2 Å². The first-order valence-corrected chi connectivity index (χ1v) is 9.48. The van der Waals surface area contributed by atoms with Crippen LogP contribution in [0.25, 0.3) is 0 Å². The number of nitrogens with zero attached hydrogens (tertiary/aromatic N) is 2. The van der Waals surface area contributed by atoms with E-state index < -0.39 is 28.7 Å². The van der Waals surface area contributed by atoms with Crippen LogP contribution in [-0.4, -0.2) is 16.9 Å². The predicted molar refractivity (Wildman–Crippen MR) is 114 cm³/mol. The number of rotatable bonds is 5. The van der Waals surface area contributed by atoms with Crippen LogP contribution < -0.4 is 10.2 Å². The lowest BCUT2D eigenvalue weighted by atomic mass is 10.0. The molecule has 9 heteroatoms. The second-order valence-electron chi connectivity index (χ2n) is 6.38. The molecule has 0 saturated carbocycles. The molecule has 0 fully saturated rings. The van der Waals surface area contributed by atoms with E-state index in [4.69, 9.17) is 17.5 Å². The summed E-state index contributed by atoms with van der Waals surface area (Å²) >= 11 is 7.04. The van der Waals surface area contributed by atoms with Gasteiger partial charge < -0.3 is 5.32 Å². The zero-order valence-electron chi connectivity index (χ0n) is 14.8. The standard InChI is InChI=1S/C19H15F3IN3OS/c1-18(2,25-14-6-4-13(23)5-7-14)17(27)26(11-28)15-8-3-12(10-24)16(9-15)19(20,21)22/h3-9,11,25H,1-2H3. The van der Waals surface area contributed by atoms with Crippen molar-refractivity contribution in [3.63, 3.8) is 0 Å². The normalized spacial score (nSPS) is 11.5. The van der Waals surface area contributed by atoms with E-state index in [9.17, 15) is 18.0 Å². The number of nitriles is 1. The molecule has 0 atom stereocenters. The Hall–Kier alpha value is -2.19. The molecule has 0 spiro atoms. The number of hydrogen-bond donors (Lipinski definition) is 1. The van der Waals surface area contributed by atoms with E-state index in [0.29, 0.717) is 5.69 Å². The van der Waals surface area contributed by atoms with Crippen molar-refractivity contribution in [1.29, 1.82) is 5.26 Å². The zero-order valence-corrected chi connectivity index (χ0v) is 17.8. The van der Waals surface area contributed by atoms with E-state index in [0.717, 1.165) is 26.1 Å². The Bertz CT molecular complexity index is 937. The lowest BCUT2D eigenvalue weighted by Gasteiger charge is -2.31. The van der Waals surface area contributed by atoms with Crippen LogP contribution in [0.15, 0.2) is 42.5 Å². The SMILES string of the molecule is CC(C)(Nc1ccc(I)cc1)C(=O)N(C=S)c1ccc(C#N)c(C(F)(F)F)c1. The van der Waals surface area contributed by atoms with Gasteiger partial charge in [-0.25, -0.2) is 0 Å². The van der Waals surface area contributed by atoms with Gasteiger partial charge in [0.2, 0.25) is 0 Å². The summed E-state index contributed by atoms with van der Waals surface area (Å²) in [6.07, 6.45) is -4.73. The Kier molecular flexibility index (Phi) is 6.67. The van der Waals surface area contributed by atoms with Crippen molar-refractivity contribution in [3.05, 3.63) is 57.2 Å². The molecule has 1 amide bonds. The first-order valence-electron chi connectivity index (χ1n) is 7.93. The summed E-state index contributed by atoms with van der Waals surface area (Å²) in [5, 5.41) is 12.0. The second-order valence-corrected chi connectivity index (χ2v) is 7.83. The highest BCUT2D eigenvalue weighted by molar-refractivity contribution is 14.1. The van der Waals surface area contributed by atoms with Crippen molar-refractivity contribution in [2.24, 2.45) is 0 Å².